The number of methoxy groups -OCH3 is 1. The lowest BCUT2D eigenvalue weighted by Gasteiger charge is -2.12. The minimum atomic E-state index is 0. The summed E-state index contributed by atoms with van der Waals surface area (Å²) in [5.74, 6) is 0.152. The Hall–Kier alpha value is -0.280. The van der Waals surface area contributed by atoms with Crippen LogP contribution in [0.3, 0.4) is 0 Å². The molecule has 0 aromatic carbocycles. The van der Waals surface area contributed by atoms with E-state index in [2.05, 4.69) is 0 Å². The molecule has 1 fully saturated rings. The maximum Gasteiger partial charge on any atom is 0.219 e. The summed E-state index contributed by atoms with van der Waals surface area (Å²) in [7, 11) is 1.69. The van der Waals surface area contributed by atoms with Crippen LogP contribution in [0.5, 0.6) is 0 Å². The zero-order valence-corrected chi connectivity index (χ0v) is 7.69. The van der Waals surface area contributed by atoms with Crippen LogP contribution in [0.1, 0.15) is 13.3 Å². The summed E-state index contributed by atoms with van der Waals surface area (Å²) in [5, 5.41) is 0. The van der Waals surface area contributed by atoms with Gasteiger partial charge in [0, 0.05) is 27.1 Å². The molecule has 11 heavy (non-hydrogen) atoms. The van der Waals surface area contributed by atoms with Gasteiger partial charge in [0.25, 0.3) is 0 Å². The molecule has 0 aromatic rings. The summed E-state index contributed by atoms with van der Waals surface area (Å²) >= 11 is 0. The maximum absolute atomic E-state index is 10.8. The Kier molecular flexibility index (Phi) is 4.45. The van der Waals surface area contributed by atoms with Crippen LogP contribution in [0.4, 0.5) is 0 Å². The first-order valence-corrected chi connectivity index (χ1v) is 3.52. The van der Waals surface area contributed by atoms with E-state index in [1.54, 1.807) is 14.0 Å². The largest absolute Gasteiger partial charge is 0.380 e. The second kappa shape index (κ2) is 4.57. The Morgan fingerprint density at radius 2 is 2.27 bits per heavy atom. The summed E-state index contributed by atoms with van der Waals surface area (Å²) in [4.78, 5) is 12.6. The minimum Gasteiger partial charge on any atom is -0.380 e. The third kappa shape index (κ3) is 2.67. The second-order valence-electron chi connectivity index (χ2n) is 2.61. The molecule has 1 heterocycles. The average molecular weight is 180 g/mol. The summed E-state index contributed by atoms with van der Waals surface area (Å²) < 4.78 is 5.10. The molecule has 0 N–H and O–H groups in total. The van der Waals surface area contributed by atoms with Crippen molar-refractivity contribution < 1.29 is 9.53 Å². The number of rotatable bonds is 1. The van der Waals surface area contributed by atoms with Crippen LogP contribution < -0.4 is 0 Å². The van der Waals surface area contributed by atoms with Gasteiger partial charge in [-0.3, -0.25) is 4.79 Å². The number of hydrogen-bond acceptors (Lipinski definition) is 2. The Bertz CT molecular complexity index is 140. The van der Waals surface area contributed by atoms with E-state index >= 15 is 0 Å². The molecule has 0 aliphatic carbocycles. The summed E-state index contributed by atoms with van der Waals surface area (Å²) in [6.45, 7) is 3.22. The monoisotopic (exact) mass is 179 g/mol. The third-order valence-electron chi connectivity index (χ3n) is 1.92. The van der Waals surface area contributed by atoms with Gasteiger partial charge in [0.1, 0.15) is 0 Å². The predicted octanol–water partition coefficient (Wildman–Crippen LogP) is 0.675. The highest BCUT2D eigenvalue weighted by atomic mass is 35.5. The molecule has 0 bridgehead atoms. The number of hydrogen-bond donors (Lipinski definition) is 0. The van der Waals surface area contributed by atoms with Crippen molar-refractivity contribution in [2.45, 2.75) is 19.4 Å². The lowest BCUT2D eigenvalue weighted by Crippen LogP contribution is -2.27. The highest BCUT2D eigenvalue weighted by Gasteiger charge is 2.23. The molecule has 4 heteroatoms. The molecule has 66 valence electrons. The highest BCUT2D eigenvalue weighted by molar-refractivity contribution is 5.85. The molecule has 1 aliphatic heterocycles. The molecule has 0 unspecified atom stereocenters. The van der Waals surface area contributed by atoms with Crippen molar-refractivity contribution in [2.75, 3.05) is 20.2 Å². The smallest absolute Gasteiger partial charge is 0.219 e. The fourth-order valence-electron chi connectivity index (χ4n) is 1.21. The lowest BCUT2D eigenvalue weighted by molar-refractivity contribution is -0.128. The molecular weight excluding hydrogens is 166 g/mol. The molecule has 3 nitrogen and oxygen atoms in total. The fraction of sp³-hybridized carbons (Fsp3) is 0.857. The van der Waals surface area contributed by atoms with E-state index in [0.717, 1.165) is 19.5 Å². The first kappa shape index (κ1) is 10.7. The predicted molar refractivity (Wildman–Crippen MR) is 44.9 cm³/mol. The van der Waals surface area contributed by atoms with Crippen LogP contribution in [0.2, 0.25) is 0 Å². The average Bonchev–Trinajstić information content (AvgIpc) is 2.34. The van der Waals surface area contributed by atoms with Crippen molar-refractivity contribution in [3.63, 3.8) is 0 Å². The molecule has 1 saturated heterocycles. The second-order valence-corrected chi connectivity index (χ2v) is 2.61. The quantitative estimate of drug-likeness (QED) is 0.593. The normalized spacial score (nSPS) is 23.1. The molecule has 0 spiro atoms. The number of amides is 1. The number of halogens is 1. The van der Waals surface area contributed by atoms with E-state index in [9.17, 15) is 4.79 Å². The number of nitrogens with zero attached hydrogens (tertiary/aromatic N) is 1. The summed E-state index contributed by atoms with van der Waals surface area (Å²) in [6.07, 6.45) is 1.25. The first-order chi connectivity index (χ1) is 4.74. The van der Waals surface area contributed by atoms with Crippen LogP contribution in [-0.4, -0.2) is 37.1 Å². The van der Waals surface area contributed by atoms with Crippen molar-refractivity contribution >= 4 is 18.3 Å². The first-order valence-electron chi connectivity index (χ1n) is 3.52. The Morgan fingerprint density at radius 3 is 2.55 bits per heavy atom. The van der Waals surface area contributed by atoms with Gasteiger partial charge in [0.05, 0.1) is 6.10 Å². The van der Waals surface area contributed by atoms with E-state index in [0.29, 0.717) is 0 Å². The molecule has 1 aliphatic rings. The molecule has 0 aromatic heterocycles. The van der Waals surface area contributed by atoms with E-state index in [1.807, 2.05) is 4.90 Å². The van der Waals surface area contributed by atoms with Crippen molar-refractivity contribution in [1.29, 1.82) is 0 Å². The topological polar surface area (TPSA) is 29.5 Å². The summed E-state index contributed by atoms with van der Waals surface area (Å²) in [5.41, 5.74) is 0. The SMILES string of the molecule is CO[C@@H]1CCN(C(C)=O)C1.Cl. The van der Waals surface area contributed by atoms with E-state index < -0.39 is 0 Å². The van der Waals surface area contributed by atoms with Gasteiger partial charge >= 0.3 is 0 Å². The molecule has 0 saturated carbocycles. The Balaban J connectivity index is 0.000001000. The van der Waals surface area contributed by atoms with Gasteiger partial charge in [-0.25, -0.2) is 0 Å². The van der Waals surface area contributed by atoms with Gasteiger partial charge in [0.2, 0.25) is 5.91 Å². The van der Waals surface area contributed by atoms with Crippen LogP contribution in [0.15, 0.2) is 0 Å². The molecule has 1 atom stereocenters. The summed E-state index contributed by atoms with van der Waals surface area (Å²) in [6, 6.07) is 0. The number of likely N-dealkylation sites (tertiary alicyclic amines) is 1. The van der Waals surface area contributed by atoms with Gasteiger partial charge in [-0.15, -0.1) is 12.4 Å². The minimum absolute atomic E-state index is 0. The van der Waals surface area contributed by atoms with Gasteiger partial charge in [-0.1, -0.05) is 0 Å². The van der Waals surface area contributed by atoms with E-state index in [4.69, 9.17) is 4.74 Å². The lowest BCUT2D eigenvalue weighted by atomic mass is 10.3. The molecule has 0 radical (unpaired) electrons. The molecule has 1 rings (SSSR count). The van der Waals surface area contributed by atoms with Crippen LogP contribution in [0, 0.1) is 0 Å². The van der Waals surface area contributed by atoms with Crippen molar-refractivity contribution in [1.82, 2.24) is 4.90 Å². The number of ether oxygens (including phenoxy) is 1. The van der Waals surface area contributed by atoms with E-state index in [-0.39, 0.29) is 24.4 Å². The van der Waals surface area contributed by atoms with Gasteiger partial charge in [-0.2, -0.15) is 0 Å². The van der Waals surface area contributed by atoms with Crippen molar-refractivity contribution in [3.8, 4) is 0 Å². The highest BCUT2D eigenvalue weighted by Crippen LogP contribution is 2.10. The van der Waals surface area contributed by atoms with Crippen molar-refractivity contribution in [3.05, 3.63) is 0 Å². The van der Waals surface area contributed by atoms with Gasteiger partial charge in [-0.05, 0) is 6.42 Å². The zero-order valence-electron chi connectivity index (χ0n) is 6.87. The maximum atomic E-state index is 10.8. The van der Waals surface area contributed by atoms with E-state index in [1.165, 1.54) is 0 Å². The Morgan fingerprint density at radius 1 is 1.64 bits per heavy atom. The molecular formula is C7H14ClNO2. The Labute approximate surface area is 73.1 Å². The number of carbonyl (C=O) groups excluding carboxylic acids is 1. The number of carbonyl (C=O) groups is 1. The zero-order chi connectivity index (χ0) is 7.56. The van der Waals surface area contributed by atoms with Crippen LogP contribution in [0.25, 0.3) is 0 Å². The standard InChI is InChI=1S/C7H13NO2.ClH/c1-6(9)8-4-3-7(5-8)10-2;/h7H,3-5H2,1-2H3;1H/t7-;/m1./s1. The van der Waals surface area contributed by atoms with Crippen LogP contribution in [-0.2, 0) is 9.53 Å². The van der Waals surface area contributed by atoms with Gasteiger partial charge < -0.3 is 9.64 Å². The third-order valence-corrected chi connectivity index (χ3v) is 1.92. The van der Waals surface area contributed by atoms with Crippen LogP contribution >= 0.6 is 12.4 Å². The van der Waals surface area contributed by atoms with Crippen molar-refractivity contribution in [2.24, 2.45) is 0 Å². The van der Waals surface area contributed by atoms with Gasteiger partial charge in [0.15, 0.2) is 0 Å². The molecule has 1 amide bonds. The fourth-order valence-corrected chi connectivity index (χ4v) is 1.21.